The fraction of sp³-hybridized carbons (Fsp3) is 0.619. The van der Waals surface area contributed by atoms with E-state index in [0.29, 0.717) is 13.2 Å². The minimum Gasteiger partial charge on any atom is -0.345 e. The molecule has 0 unspecified atom stereocenters. The first-order valence-corrected chi connectivity index (χ1v) is 9.41. The SMILES string of the molecule is CCOC1(OCC)C(C#N)(C#N)[C@](C)(c2ccccc2)C1(OCC)OCC. The van der Waals surface area contributed by atoms with Crippen molar-refractivity contribution in [3.8, 4) is 12.1 Å². The van der Waals surface area contributed by atoms with Crippen LogP contribution < -0.4 is 0 Å². The summed E-state index contributed by atoms with van der Waals surface area (Å²) in [6.07, 6.45) is 0. The summed E-state index contributed by atoms with van der Waals surface area (Å²) in [6, 6.07) is 13.8. The predicted octanol–water partition coefficient (Wildman–Crippen LogP) is 3.53. The molecule has 27 heavy (non-hydrogen) atoms. The first kappa shape index (κ1) is 21.3. The lowest BCUT2D eigenvalue weighted by Gasteiger charge is -2.71. The molecule has 0 N–H and O–H groups in total. The Morgan fingerprint density at radius 3 is 1.52 bits per heavy atom. The van der Waals surface area contributed by atoms with Gasteiger partial charge in [-0.3, -0.25) is 0 Å². The van der Waals surface area contributed by atoms with Crippen LogP contribution in [0.2, 0.25) is 0 Å². The van der Waals surface area contributed by atoms with E-state index in [2.05, 4.69) is 12.1 Å². The Labute approximate surface area is 161 Å². The van der Waals surface area contributed by atoms with Gasteiger partial charge in [-0.25, -0.2) is 0 Å². The van der Waals surface area contributed by atoms with E-state index in [1.54, 1.807) is 13.8 Å². The van der Waals surface area contributed by atoms with Crippen molar-refractivity contribution in [1.29, 1.82) is 10.5 Å². The average Bonchev–Trinajstić information content (AvgIpc) is 2.69. The molecule has 1 aliphatic rings. The molecule has 1 aromatic carbocycles. The van der Waals surface area contributed by atoms with Crippen molar-refractivity contribution in [2.75, 3.05) is 26.4 Å². The number of hydrogen-bond donors (Lipinski definition) is 0. The van der Waals surface area contributed by atoms with Crippen LogP contribution in [-0.2, 0) is 24.4 Å². The normalized spacial score (nSPS) is 24.4. The van der Waals surface area contributed by atoms with Crippen molar-refractivity contribution in [2.24, 2.45) is 5.41 Å². The van der Waals surface area contributed by atoms with Crippen LogP contribution in [0.15, 0.2) is 30.3 Å². The Hall–Kier alpha value is -1.96. The molecule has 0 aliphatic heterocycles. The van der Waals surface area contributed by atoms with Gasteiger partial charge in [0, 0.05) is 26.4 Å². The van der Waals surface area contributed by atoms with E-state index in [1.165, 1.54) is 0 Å². The van der Waals surface area contributed by atoms with Crippen LogP contribution in [0, 0.1) is 28.1 Å². The third kappa shape index (κ3) is 2.38. The fourth-order valence-electron chi connectivity index (χ4n) is 4.44. The highest BCUT2D eigenvalue weighted by Crippen LogP contribution is 2.72. The third-order valence-corrected chi connectivity index (χ3v) is 5.41. The lowest BCUT2D eigenvalue weighted by Crippen LogP contribution is -2.91. The Balaban J connectivity index is 2.91. The van der Waals surface area contributed by atoms with Crippen LogP contribution in [-0.4, -0.2) is 38.0 Å². The average molecular weight is 372 g/mol. The zero-order valence-electron chi connectivity index (χ0n) is 16.7. The molecule has 0 spiro atoms. The molecule has 2 rings (SSSR count). The van der Waals surface area contributed by atoms with Crippen LogP contribution in [0.1, 0.15) is 40.2 Å². The predicted molar refractivity (Wildman–Crippen MR) is 99.4 cm³/mol. The molecule has 6 heteroatoms. The first-order chi connectivity index (χ1) is 13.0. The molecule has 6 nitrogen and oxygen atoms in total. The van der Waals surface area contributed by atoms with Crippen LogP contribution >= 0.6 is 0 Å². The number of nitrogens with zero attached hydrogens (tertiary/aromatic N) is 2. The van der Waals surface area contributed by atoms with Crippen molar-refractivity contribution in [1.82, 2.24) is 0 Å². The van der Waals surface area contributed by atoms with Crippen LogP contribution in [0.25, 0.3) is 0 Å². The number of rotatable bonds is 9. The van der Waals surface area contributed by atoms with Gasteiger partial charge in [0.25, 0.3) is 5.79 Å². The maximum absolute atomic E-state index is 10.2. The Morgan fingerprint density at radius 2 is 1.15 bits per heavy atom. The maximum atomic E-state index is 10.2. The van der Waals surface area contributed by atoms with Crippen molar-refractivity contribution in [2.45, 2.75) is 51.6 Å². The first-order valence-electron chi connectivity index (χ1n) is 9.41. The van der Waals surface area contributed by atoms with Gasteiger partial charge in [-0.05, 0) is 40.2 Å². The van der Waals surface area contributed by atoms with Gasteiger partial charge in [-0.15, -0.1) is 0 Å². The van der Waals surface area contributed by atoms with Gasteiger partial charge in [-0.2, -0.15) is 10.5 Å². The second kappa shape index (κ2) is 7.96. The summed E-state index contributed by atoms with van der Waals surface area (Å²) < 4.78 is 24.4. The number of nitriles is 2. The topological polar surface area (TPSA) is 84.5 Å². The van der Waals surface area contributed by atoms with Crippen LogP contribution in [0.4, 0.5) is 0 Å². The monoisotopic (exact) mass is 372 g/mol. The molecule has 146 valence electrons. The zero-order valence-corrected chi connectivity index (χ0v) is 16.7. The number of hydrogen-bond acceptors (Lipinski definition) is 6. The fourth-order valence-corrected chi connectivity index (χ4v) is 4.44. The standard InChI is InChI=1S/C21H28N2O4/c1-6-24-20(25-7-2)18(5,17-13-11-10-12-14-17)19(15-22,16-23)21(20,26-8-3)27-9-4/h10-14H,6-9H2,1-5H3/t18-/m0/s1. The smallest absolute Gasteiger partial charge is 0.258 e. The van der Waals surface area contributed by atoms with Gasteiger partial charge in [0.2, 0.25) is 11.2 Å². The van der Waals surface area contributed by atoms with Crippen LogP contribution in [0.3, 0.4) is 0 Å². The lowest BCUT2D eigenvalue weighted by atomic mass is 9.40. The van der Waals surface area contributed by atoms with E-state index in [-0.39, 0.29) is 13.2 Å². The highest BCUT2D eigenvalue weighted by molar-refractivity contribution is 5.52. The molecule has 1 atom stereocenters. The second-order valence-electron chi connectivity index (χ2n) is 6.43. The lowest BCUT2D eigenvalue weighted by molar-refractivity contribution is -0.519. The van der Waals surface area contributed by atoms with Crippen molar-refractivity contribution in [3.63, 3.8) is 0 Å². The van der Waals surface area contributed by atoms with E-state index in [9.17, 15) is 10.5 Å². The minimum atomic E-state index is -1.68. The largest absolute Gasteiger partial charge is 0.345 e. The molecule has 1 aliphatic carbocycles. The number of ether oxygens (including phenoxy) is 4. The highest BCUT2D eigenvalue weighted by Gasteiger charge is 2.93. The van der Waals surface area contributed by atoms with E-state index in [4.69, 9.17) is 18.9 Å². The van der Waals surface area contributed by atoms with Gasteiger partial charge in [0.1, 0.15) is 0 Å². The second-order valence-corrected chi connectivity index (χ2v) is 6.43. The van der Waals surface area contributed by atoms with E-state index in [1.807, 2.05) is 51.1 Å². The minimum absolute atomic E-state index is 0.234. The molecule has 0 heterocycles. The summed E-state index contributed by atoms with van der Waals surface area (Å²) in [5.41, 5.74) is -2.05. The molecule has 0 aromatic heterocycles. The molecule has 0 amide bonds. The molecular formula is C21H28N2O4. The molecule has 0 saturated heterocycles. The van der Waals surface area contributed by atoms with E-state index in [0.717, 1.165) is 5.56 Å². The molecule has 0 bridgehead atoms. The van der Waals surface area contributed by atoms with Crippen molar-refractivity contribution >= 4 is 0 Å². The van der Waals surface area contributed by atoms with E-state index >= 15 is 0 Å². The Kier molecular flexibility index (Phi) is 6.29. The van der Waals surface area contributed by atoms with Gasteiger partial charge in [0.15, 0.2) is 0 Å². The zero-order chi connectivity index (χ0) is 20.2. The summed E-state index contributed by atoms with van der Waals surface area (Å²) in [7, 11) is 0. The van der Waals surface area contributed by atoms with Gasteiger partial charge in [-0.1, -0.05) is 30.3 Å². The summed E-state index contributed by atoms with van der Waals surface area (Å²) in [6.45, 7) is 10.2. The quantitative estimate of drug-likeness (QED) is 0.617. The maximum Gasteiger partial charge on any atom is 0.258 e. The summed E-state index contributed by atoms with van der Waals surface area (Å²) in [5.74, 6) is -3.13. The Morgan fingerprint density at radius 1 is 0.741 bits per heavy atom. The third-order valence-electron chi connectivity index (χ3n) is 5.41. The summed E-state index contributed by atoms with van der Waals surface area (Å²) in [4.78, 5) is 0. The highest BCUT2D eigenvalue weighted by atomic mass is 16.8. The number of benzene rings is 1. The van der Waals surface area contributed by atoms with Crippen molar-refractivity contribution in [3.05, 3.63) is 35.9 Å². The summed E-state index contributed by atoms with van der Waals surface area (Å²) >= 11 is 0. The van der Waals surface area contributed by atoms with Gasteiger partial charge in [0.05, 0.1) is 17.6 Å². The van der Waals surface area contributed by atoms with Gasteiger partial charge >= 0.3 is 0 Å². The molecule has 1 saturated carbocycles. The molecule has 1 aromatic rings. The van der Waals surface area contributed by atoms with Gasteiger partial charge < -0.3 is 18.9 Å². The van der Waals surface area contributed by atoms with Crippen molar-refractivity contribution < 1.29 is 18.9 Å². The molecule has 0 radical (unpaired) electrons. The Bertz CT molecular complexity index is 696. The molecular weight excluding hydrogens is 344 g/mol. The van der Waals surface area contributed by atoms with E-state index < -0.39 is 22.4 Å². The molecule has 1 fully saturated rings. The summed E-state index contributed by atoms with van der Waals surface area (Å²) in [5, 5.41) is 20.5. The van der Waals surface area contributed by atoms with Crippen LogP contribution in [0.5, 0.6) is 0 Å².